The van der Waals surface area contributed by atoms with Crippen molar-refractivity contribution >= 4 is 5.91 Å². The van der Waals surface area contributed by atoms with Crippen LogP contribution in [0, 0.1) is 24.2 Å². The molecule has 3 atom stereocenters. The standard InChI is InChI=1S/C10H16N2O/c1-3-4-9(11)10(13)12-6-8-5-7(8)2/h1,7-9H,4-6,11H2,2H3,(H,12,13). The second-order valence-corrected chi connectivity index (χ2v) is 3.73. The minimum absolute atomic E-state index is 0.128. The lowest BCUT2D eigenvalue weighted by molar-refractivity contribution is -0.122. The Bertz CT molecular complexity index is 232. The van der Waals surface area contributed by atoms with Crippen molar-refractivity contribution in [2.75, 3.05) is 6.54 Å². The summed E-state index contributed by atoms with van der Waals surface area (Å²) in [5.74, 6) is 3.66. The highest BCUT2D eigenvalue weighted by atomic mass is 16.2. The molecule has 1 rings (SSSR count). The molecule has 0 saturated heterocycles. The van der Waals surface area contributed by atoms with Gasteiger partial charge in [0.2, 0.25) is 5.91 Å². The van der Waals surface area contributed by atoms with Gasteiger partial charge in [-0.25, -0.2) is 0 Å². The Morgan fingerprint density at radius 2 is 2.46 bits per heavy atom. The zero-order chi connectivity index (χ0) is 9.84. The topological polar surface area (TPSA) is 55.1 Å². The van der Waals surface area contributed by atoms with Crippen LogP contribution >= 0.6 is 0 Å². The number of nitrogens with two attached hydrogens (primary N) is 1. The van der Waals surface area contributed by atoms with E-state index in [0.29, 0.717) is 12.3 Å². The number of amides is 1. The van der Waals surface area contributed by atoms with Crippen LogP contribution in [-0.2, 0) is 4.79 Å². The van der Waals surface area contributed by atoms with E-state index < -0.39 is 6.04 Å². The van der Waals surface area contributed by atoms with Crippen molar-refractivity contribution in [2.45, 2.75) is 25.8 Å². The maximum atomic E-state index is 11.2. The fourth-order valence-electron chi connectivity index (χ4n) is 1.27. The number of carbonyl (C=O) groups excluding carboxylic acids is 1. The van der Waals surface area contributed by atoms with E-state index in [9.17, 15) is 4.79 Å². The summed E-state index contributed by atoms with van der Waals surface area (Å²) >= 11 is 0. The van der Waals surface area contributed by atoms with E-state index in [1.54, 1.807) is 0 Å². The zero-order valence-electron chi connectivity index (χ0n) is 7.92. The monoisotopic (exact) mass is 180 g/mol. The minimum Gasteiger partial charge on any atom is -0.354 e. The molecule has 13 heavy (non-hydrogen) atoms. The van der Waals surface area contributed by atoms with Crippen LogP contribution in [0.2, 0.25) is 0 Å². The molecule has 0 aromatic carbocycles. The second-order valence-electron chi connectivity index (χ2n) is 3.73. The first-order chi connectivity index (χ1) is 6.15. The van der Waals surface area contributed by atoms with E-state index in [1.165, 1.54) is 6.42 Å². The second kappa shape index (κ2) is 4.29. The summed E-state index contributed by atoms with van der Waals surface area (Å²) in [5.41, 5.74) is 5.51. The predicted octanol–water partition coefficient (Wildman–Crippen LogP) is 0.109. The van der Waals surface area contributed by atoms with Crippen LogP contribution < -0.4 is 11.1 Å². The summed E-state index contributed by atoms with van der Waals surface area (Å²) in [7, 11) is 0. The Morgan fingerprint density at radius 3 is 2.92 bits per heavy atom. The molecule has 3 unspecified atom stereocenters. The fourth-order valence-corrected chi connectivity index (χ4v) is 1.27. The minimum atomic E-state index is -0.543. The predicted molar refractivity (Wildman–Crippen MR) is 51.7 cm³/mol. The van der Waals surface area contributed by atoms with E-state index >= 15 is 0 Å². The molecule has 3 N–H and O–H groups in total. The normalized spacial score (nSPS) is 27.5. The van der Waals surface area contributed by atoms with Gasteiger partial charge >= 0.3 is 0 Å². The van der Waals surface area contributed by atoms with E-state index in [2.05, 4.69) is 18.2 Å². The quantitative estimate of drug-likeness (QED) is 0.603. The molecule has 1 amide bonds. The van der Waals surface area contributed by atoms with Crippen molar-refractivity contribution < 1.29 is 4.79 Å². The van der Waals surface area contributed by atoms with Crippen molar-refractivity contribution in [1.82, 2.24) is 5.32 Å². The maximum Gasteiger partial charge on any atom is 0.237 e. The van der Waals surface area contributed by atoms with E-state index in [0.717, 1.165) is 12.5 Å². The van der Waals surface area contributed by atoms with Crippen LogP contribution in [0.25, 0.3) is 0 Å². The van der Waals surface area contributed by atoms with Gasteiger partial charge in [-0.1, -0.05) is 6.92 Å². The summed E-state index contributed by atoms with van der Waals surface area (Å²) in [6, 6.07) is -0.543. The van der Waals surface area contributed by atoms with Gasteiger partial charge in [0.05, 0.1) is 6.04 Å². The molecule has 72 valence electrons. The number of hydrogen-bond acceptors (Lipinski definition) is 2. The molecule has 0 aromatic rings. The molecule has 0 spiro atoms. The molecule has 0 bridgehead atoms. The van der Waals surface area contributed by atoms with Gasteiger partial charge in [0, 0.05) is 13.0 Å². The average molecular weight is 180 g/mol. The van der Waals surface area contributed by atoms with Crippen molar-refractivity contribution in [3.05, 3.63) is 0 Å². The summed E-state index contributed by atoms with van der Waals surface area (Å²) in [4.78, 5) is 11.2. The molecular formula is C10H16N2O. The molecule has 0 heterocycles. The molecular weight excluding hydrogens is 164 g/mol. The van der Waals surface area contributed by atoms with Gasteiger partial charge in [-0.15, -0.1) is 12.3 Å². The smallest absolute Gasteiger partial charge is 0.237 e. The highest BCUT2D eigenvalue weighted by molar-refractivity contribution is 5.81. The van der Waals surface area contributed by atoms with Crippen LogP contribution in [0.3, 0.4) is 0 Å². The van der Waals surface area contributed by atoms with Crippen LogP contribution in [0.4, 0.5) is 0 Å². The SMILES string of the molecule is C#CCC(N)C(=O)NCC1CC1C. The van der Waals surface area contributed by atoms with Gasteiger partial charge in [-0.2, -0.15) is 0 Å². The van der Waals surface area contributed by atoms with Gasteiger partial charge in [0.15, 0.2) is 0 Å². The van der Waals surface area contributed by atoms with Gasteiger partial charge in [-0.3, -0.25) is 4.79 Å². The number of hydrogen-bond donors (Lipinski definition) is 2. The Morgan fingerprint density at radius 1 is 1.85 bits per heavy atom. The Balaban J connectivity index is 2.14. The van der Waals surface area contributed by atoms with Crippen LogP contribution in [0.1, 0.15) is 19.8 Å². The van der Waals surface area contributed by atoms with Crippen LogP contribution in [0.5, 0.6) is 0 Å². The summed E-state index contributed by atoms with van der Waals surface area (Å²) in [5, 5.41) is 2.80. The van der Waals surface area contributed by atoms with Gasteiger partial charge in [0.25, 0.3) is 0 Å². The molecule has 1 aliphatic rings. The Kier molecular flexibility index (Phi) is 3.32. The lowest BCUT2D eigenvalue weighted by atomic mass is 10.2. The van der Waals surface area contributed by atoms with E-state index in [-0.39, 0.29) is 5.91 Å². The highest BCUT2D eigenvalue weighted by Crippen LogP contribution is 2.36. The molecule has 1 aliphatic carbocycles. The fraction of sp³-hybridized carbons (Fsp3) is 0.700. The van der Waals surface area contributed by atoms with E-state index in [1.807, 2.05) is 0 Å². The summed E-state index contributed by atoms with van der Waals surface area (Å²) < 4.78 is 0. The first-order valence-corrected chi connectivity index (χ1v) is 4.62. The summed E-state index contributed by atoms with van der Waals surface area (Å²) in [6.45, 7) is 2.93. The highest BCUT2D eigenvalue weighted by Gasteiger charge is 2.32. The molecule has 0 radical (unpaired) electrons. The molecule has 3 heteroatoms. The first-order valence-electron chi connectivity index (χ1n) is 4.62. The van der Waals surface area contributed by atoms with Crippen molar-refractivity contribution in [3.8, 4) is 12.3 Å². The van der Waals surface area contributed by atoms with Gasteiger partial charge in [-0.05, 0) is 18.3 Å². The third kappa shape index (κ3) is 3.08. The van der Waals surface area contributed by atoms with Crippen molar-refractivity contribution in [1.29, 1.82) is 0 Å². The third-order valence-corrected chi connectivity index (χ3v) is 2.49. The number of rotatable bonds is 4. The van der Waals surface area contributed by atoms with Crippen LogP contribution in [0.15, 0.2) is 0 Å². The van der Waals surface area contributed by atoms with Gasteiger partial charge in [0.1, 0.15) is 0 Å². The molecule has 1 saturated carbocycles. The molecule has 1 fully saturated rings. The Hall–Kier alpha value is -1.01. The average Bonchev–Trinajstić information content (AvgIpc) is 2.78. The van der Waals surface area contributed by atoms with Crippen molar-refractivity contribution in [3.63, 3.8) is 0 Å². The van der Waals surface area contributed by atoms with E-state index in [4.69, 9.17) is 12.2 Å². The number of terminal acetylenes is 1. The summed E-state index contributed by atoms with van der Waals surface area (Å²) in [6.07, 6.45) is 6.57. The van der Waals surface area contributed by atoms with Gasteiger partial charge < -0.3 is 11.1 Å². The lowest BCUT2D eigenvalue weighted by Gasteiger charge is -2.08. The maximum absolute atomic E-state index is 11.2. The largest absolute Gasteiger partial charge is 0.354 e. The lowest BCUT2D eigenvalue weighted by Crippen LogP contribution is -2.41. The molecule has 0 aromatic heterocycles. The zero-order valence-corrected chi connectivity index (χ0v) is 7.92. The number of nitrogens with one attached hydrogen (secondary N) is 1. The van der Waals surface area contributed by atoms with Crippen molar-refractivity contribution in [2.24, 2.45) is 17.6 Å². The third-order valence-electron chi connectivity index (χ3n) is 2.49. The molecule has 3 nitrogen and oxygen atoms in total. The Labute approximate surface area is 79.1 Å². The number of carbonyl (C=O) groups is 1. The van der Waals surface area contributed by atoms with Crippen LogP contribution in [-0.4, -0.2) is 18.5 Å². The first kappa shape index (κ1) is 10.1. The molecule has 0 aliphatic heterocycles.